The van der Waals surface area contributed by atoms with Crippen LogP contribution in [-0.2, 0) is 6.42 Å². The predicted octanol–water partition coefficient (Wildman–Crippen LogP) is 5.22. The molecule has 5 rings (SSSR count). The van der Waals surface area contributed by atoms with Crippen molar-refractivity contribution in [3.8, 4) is 0 Å². The Morgan fingerprint density at radius 3 is 1.77 bits per heavy atom. The van der Waals surface area contributed by atoms with Crippen molar-refractivity contribution < 1.29 is 0 Å². The molecule has 0 fully saturated rings. The molecule has 0 aromatic carbocycles. The number of fused-ring (bicyclic) bond motifs is 8. The van der Waals surface area contributed by atoms with Gasteiger partial charge in [0.15, 0.2) is 0 Å². The lowest BCUT2D eigenvalue weighted by molar-refractivity contribution is 1.16. The lowest BCUT2D eigenvalue weighted by Crippen LogP contribution is -1.77. The molecule has 0 radical (unpaired) electrons. The van der Waals surface area contributed by atoms with Crippen molar-refractivity contribution in [3.05, 3.63) is 70.8 Å². The Balaban J connectivity index is 1.86. The van der Waals surface area contributed by atoms with Crippen LogP contribution < -0.4 is 0 Å². The summed E-state index contributed by atoms with van der Waals surface area (Å²) in [6.45, 7) is 2.17. The minimum absolute atomic E-state index is 0.944. The second-order valence-corrected chi connectivity index (χ2v) is 6.55. The highest BCUT2D eigenvalue weighted by atomic mass is 14.8. The van der Waals surface area contributed by atoms with Crippen LogP contribution in [0.3, 0.4) is 0 Å². The van der Waals surface area contributed by atoms with E-state index in [-0.39, 0.29) is 0 Å². The molecular weight excluding hydrogens is 320 g/mol. The monoisotopic (exact) mass is 338 g/mol. The molecule has 0 atom stereocenters. The zero-order chi connectivity index (χ0) is 17.5. The van der Waals surface area contributed by atoms with Gasteiger partial charge in [-0.1, -0.05) is 6.92 Å². The standard InChI is InChI=1S/C22H18N4/c1-2-14-9-21-12-19-6-5-17(24-19)10-15-3-4-16(23-15)11-18-7-8-20(25-18)13-22(14)26-21/h3-13,23,26H,2H2,1H3. The Morgan fingerprint density at radius 2 is 1.19 bits per heavy atom. The van der Waals surface area contributed by atoms with E-state index in [1.54, 1.807) is 0 Å². The zero-order valence-electron chi connectivity index (χ0n) is 14.5. The first kappa shape index (κ1) is 14.9. The summed E-state index contributed by atoms with van der Waals surface area (Å²) < 4.78 is 0. The van der Waals surface area contributed by atoms with Crippen molar-refractivity contribution in [2.24, 2.45) is 0 Å². The number of aryl methyl sites for hydroxylation is 1. The summed E-state index contributed by atoms with van der Waals surface area (Å²) in [6.07, 6.45) is 9.14. The number of aromatic nitrogens is 4. The van der Waals surface area contributed by atoms with E-state index in [9.17, 15) is 0 Å². The van der Waals surface area contributed by atoms with Crippen LogP contribution in [-0.4, -0.2) is 19.9 Å². The Labute approximate surface area is 151 Å². The summed E-state index contributed by atoms with van der Waals surface area (Å²) in [7, 11) is 0. The summed E-state index contributed by atoms with van der Waals surface area (Å²) in [6, 6.07) is 14.6. The molecule has 3 aromatic heterocycles. The van der Waals surface area contributed by atoms with E-state index in [1.807, 2.05) is 24.3 Å². The summed E-state index contributed by atoms with van der Waals surface area (Å²) in [5.41, 5.74) is 9.30. The quantitative estimate of drug-likeness (QED) is 0.440. The van der Waals surface area contributed by atoms with Gasteiger partial charge in [0.1, 0.15) is 0 Å². The molecular formula is C22H18N4. The van der Waals surface area contributed by atoms with Crippen LogP contribution in [0.5, 0.6) is 0 Å². The van der Waals surface area contributed by atoms with Gasteiger partial charge in [0.25, 0.3) is 0 Å². The van der Waals surface area contributed by atoms with Crippen LogP contribution >= 0.6 is 0 Å². The summed E-state index contributed by atoms with van der Waals surface area (Å²) in [5, 5.41) is 0. The molecule has 0 unspecified atom stereocenters. The maximum Gasteiger partial charge on any atom is 0.0658 e. The van der Waals surface area contributed by atoms with Crippen LogP contribution in [0, 0.1) is 0 Å². The number of aromatic amines is 2. The molecule has 0 amide bonds. The highest BCUT2D eigenvalue weighted by Gasteiger charge is 2.03. The van der Waals surface area contributed by atoms with Crippen molar-refractivity contribution in [2.45, 2.75) is 13.3 Å². The van der Waals surface area contributed by atoms with Crippen molar-refractivity contribution in [1.29, 1.82) is 0 Å². The first-order valence-electron chi connectivity index (χ1n) is 8.82. The van der Waals surface area contributed by atoms with Crippen LogP contribution in [0.15, 0.2) is 42.5 Å². The molecule has 5 heterocycles. The second-order valence-electron chi connectivity index (χ2n) is 6.55. The molecule has 2 aliphatic heterocycles. The Morgan fingerprint density at radius 1 is 0.654 bits per heavy atom. The van der Waals surface area contributed by atoms with E-state index < -0.39 is 0 Å². The molecule has 2 aliphatic rings. The third kappa shape index (κ3) is 2.75. The normalized spacial score (nSPS) is 12.7. The Kier molecular flexibility index (Phi) is 3.35. The SMILES string of the molecule is CCc1cc2cc3nc(cc4ccc(cc5nc(cc1[nH]2)C=C5)[nH]4)C=C3. The van der Waals surface area contributed by atoms with Crippen LogP contribution in [0.25, 0.3) is 46.4 Å². The highest BCUT2D eigenvalue weighted by molar-refractivity contribution is 5.78. The fraction of sp³-hybridized carbons (Fsp3) is 0.0909. The van der Waals surface area contributed by atoms with Gasteiger partial charge in [-0.15, -0.1) is 0 Å². The molecule has 4 heteroatoms. The number of nitrogens with zero attached hydrogens (tertiary/aromatic N) is 2. The van der Waals surface area contributed by atoms with Gasteiger partial charge in [0, 0.05) is 22.1 Å². The van der Waals surface area contributed by atoms with Crippen molar-refractivity contribution in [3.63, 3.8) is 0 Å². The van der Waals surface area contributed by atoms with Gasteiger partial charge >= 0.3 is 0 Å². The van der Waals surface area contributed by atoms with E-state index in [1.165, 1.54) is 5.56 Å². The number of hydrogen-bond donors (Lipinski definition) is 2. The second kappa shape index (κ2) is 5.85. The number of nitrogens with one attached hydrogen (secondary N) is 2. The van der Waals surface area contributed by atoms with Gasteiger partial charge in [0.2, 0.25) is 0 Å². The molecule has 4 nitrogen and oxygen atoms in total. The molecule has 3 aromatic rings. The third-order valence-electron chi connectivity index (χ3n) is 4.64. The fourth-order valence-electron chi connectivity index (χ4n) is 3.37. The first-order chi connectivity index (χ1) is 12.7. The van der Waals surface area contributed by atoms with E-state index in [2.05, 4.69) is 59.4 Å². The average molecular weight is 338 g/mol. The predicted molar refractivity (Wildman–Crippen MR) is 108 cm³/mol. The molecule has 126 valence electrons. The molecule has 0 saturated heterocycles. The number of H-pyrrole nitrogens is 2. The van der Waals surface area contributed by atoms with Gasteiger partial charge in [0.05, 0.1) is 22.8 Å². The van der Waals surface area contributed by atoms with E-state index >= 15 is 0 Å². The fourth-order valence-corrected chi connectivity index (χ4v) is 3.37. The average Bonchev–Trinajstić information content (AvgIpc) is 3.39. The lowest BCUT2D eigenvalue weighted by Gasteiger charge is -1.89. The van der Waals surface area contributed by atoms with Crippen LogP contribution in [0.2, 0.25) is 0 Å². The lowest BCUT2D eigenvalue weighted by atomic mass is 10.2. The molecule has 0 spiro atoms. The van der Waals surface area contributed by atoms with E-state index in [0.29, 0.717) is 0 Å². The smallest absolute Gasteiger partial charge is 0.0658 e. The molecule has 2 N–H and O–H groups in total. The minimum Gasteiger partial charge on any atom is -0.355 e. The van der Waals surface area contributed by atoms with Gasteiger partial charge in [-0.25, -0.2) is 9.97 Å². The largest absolute Gasteiger partial charge is 0.355 e. The van der Waals surface area contributed by atoms with E-state index in [4.69, 9.17) is 9.97 Å². The summed E-state index contributed by atoms with van der Waals surface area (Å²) in [5.74, 6) is 0. The van der Waals surface area contributed by atoms with Gasteiger partial charge < -0.3 is 9.97 Å². The van der Waals surface area contributed by atoms with Gasteiger partial charge in [-0.3, -0.25) is 0 Å². The summed E-state index contributed by atoms with van der Waals surface area (Å²) >= 11 is 0. The molecule has 8 bridgehead atoms. The number of hydrogen-bond acceptors (Lipinski definition) is 2. The van der Waals surface area contributed by atoms with Crippen molar-refractivity contribution in [2.75, 3.05) is 0 Å². The van der Waals surface area contributed by atoms with Gasteiger partial charge in [-0.05, 0) is 78.8 Å². The Bertz CT molecular complexity index is 1220. The minimum atomic E-state index is 0.944. The maximum absolute atomic E-state index is 4.71. The van der Waals surface area contributed by atoms with E-state index in [0.717, 1.165) is 51.3 Å². The maximum atomic E-state index is 4.71. The topological polar surface area (TPSA) is 57.4 Å². The summed E-state index contributed by atoms with van der Waals surface area (Å²) in [4.78, 5) is 16.3. The first-order valence-corrected chi connectivity index (χ1v) is 8.82. The molecule has 0 aliphatic carbocycles. The van der Waals surface area contributed by atoms with Crippen LogP contribution in [0.4, 0.5) is 0 Å². The van der Waals surface area contributed by atoms with Crippen molar-refractivity contribution >= 4 is 46.4 Å². The van der Waals surface area contributed by atoms with Crippen molar-refractivity contribution in [1.82, 2.24) is 19.9 Å². The number of rotatable bonds is 1. The highest BCUT2D eigenvalue weighted by Crippen LogP contribution is 2.19. The third-order valence-corrected chi connectivity index (χ3v) is 4.64. The van der Waals surface area contributed by atoms with Crippen LogP contribution in [0.1, 0.15) is 35.3 Å². The molecule has 26 heavy (non-hydrogen) atoms. The Hall–Kier alpha value is -3.40. The zero-order valence-corrected chi connectivity index (χ0v) is 14.5. The molecule has 0 saturated carbocycles. The van der Waals surface area contributed by atoms with Gasteiger partial charge in [-0.2, -0.15) is 0 Å².